The first-order valence-corrected chi connectivity index (χ1v) is 6.87. The van der Waals surface area contributed by atoms with Gasteiger partial charge in [-0.05, 0) is 18.2 Å². The molecule has 0 fully saturated rings. The van der Waals surface area contributed by atoms with Gasteiger partial charge in [0.05, 0.1) is 11.1 Å². The van der Waals surface area contributed by atoms with E-state index < -0.39 is 10.8 Å². The summed E-state index contributed by atoms with van der Waals surface area (Å²) in [5.41, 5.74) is 2.71. The van der Waals surface area contributed by atoms with Crippen molar-refractivity contribution in [1.82, 2.24) is 5.43 Å². The lowest BCUT2D eigenvalue weighted by Crippen LogP contribution is -2.24. The number of nitro benzene ring substituents is 1. The van der Waals surface area contributed by atoms with E-state index in [1.807, 2.05) is 0 Å². The minimum atomic E-state index is -0.505. The van der Waals surface area contributed by atoms with Crippen molar-refractivity contribution >= 4 is 29.4 Å². The van der Waals surface area contributed by atoms with Crippen LogP contribution in [0.15, 0.2) is 53.6 Å². The van der Waals surface area contributed by atoms with Crippen LogP contribution in [0.3, 0.4) is 0 Å². The maximum Gasteiger partial charge on any atom is 0.277 e. The molecule has 2 aromatic carbocycles. The third-order valence-corrected chi connectivity index (χ3v) is 2.89. The fraction of sp³-hybridized carbons (Fsp3) is 0.0667. The largest absolute Gasteiger partial charge is 0.484 e. The summed E-state index contributed by atoms with van der Waals surface area (Å²) in [4.78, 5) is 21.7. The van der Waals surface area contributed by atoms with Gasteiger partial charge in [-0.3, -0.25) is 14.9 Å². The van der Waals surface area contributed by atoms with Crippen LogP contribution in [-0.2, 0) is 4.79 Å². The molecule has 2 aromatic rings. The van der Waals surface area contributed by atoms with Gasteiger partial charge in [-0.15, -0.1) is 0 Å². The number of rotatable bonds is 6. The topological polar surface area (TPSA) is 93.8 Å². The monoisotopic (exact) mass is 333 g/mol. The summed E-state index contributed by atoms with van der Waals surface area (Å²) >= 11 is 5.79. The van der Waals surface area contributed by atoms with E-state index in [9.17, 15) is 14.9 Å². The van der Waals surface area contributed by atoms with Crippen molar-refractivity contribution in [2.24, 2.45) is 5.10 Å². The van der Waals surface area contributed by atoms with Crippen molar-refractivity contribution in [3.05, 3.63) is 69.2 Å². The van der Waals surface area contributed by atoms with E-state index in [4.69, 9.17) is 16.3 Å². The number of hydrogen-bond acceptors (Lipinski definition) is 5. The Labute approximate surface area is 136 Å². The zero-order valence-corrected chi connectivity index (χ0v) is 12.6. The van der Waals surface area contributed by atoms with Crippen LogP contribution in [0.4, 0.5) is 5.69 Å². The zero-order chi connectivity index (χ0) is 16.7. The number of non-ortho nitro benzene ring substituents is 1. The highest BCUT2D eigenvalue weighted by molar-refractivity contribution is 6.30. The first kappa shape index (κ1) is 16.4. The Balaban J connectivity index is 1.84. The van der Waals surface area contributed by atoms with Crippen molar-refractivity contribution < 1.29 is 14.5 Å². The molecule has 0 aliphatic carbocycles. The fourth-order valence-corrected chi connectivity index (χ4v) is 1.82. The molecule has 0 aliphatic heterocycles. The summed E-state index contributed by atoms with van der Waals surface area (Å²) in [6.45, 7) is -0.230. The minimum absolute atomic E-state index is 0.0513. The van der Waals surface area contributed by atoms with Gasteiger partial charge in [0.15, 0.2) is 6.61 Å². The zero-order valence-electron chi connectivity index (χ0n) is 11.8. The number of hydrogen-bond donors (Lipinski definition) is 1. The maximum atomic E-state index is 11.6. The van der Waals surface area contributed by atoms with Gasteiger partial charge in [-0.2, -0.15) is 5.10 Å². The van der Waals surface area contributed by atoms with E-state index in [2.05, 4.69) is 10.5 Å². The number of halogens is 1. The third-order valence-electron chi connectivity index (χ3n) is 2.65. The minimum Gasteiger partial charge on any atom is -0.484 e. The molecule has 1 amide bonds. The molecule has 0 spiro atoms. The molecule has 0 aliphatic rings. The summed E-state index contributed by atoms with van der Waals surface area (Å²) < 4.78 is 5.24. The molecular formula is C15H12ClN3O4. The molecule has 0 radical (unpaired) electrons. The van der Waals surface area contributed by atoms with E-state index in [0.717, 1.165) is 0 Å². The number of benzene rings is 2. The molecule has 0 aromatic heterocycles. The van der Waals surface area contributed by atoms with Gasteiger partial charge in [0.1, 0.15) is 5.75 Å². The molecule has 0 unspecified atom stereocenters. The van der Waals surface area contributed by atoms with Crippen molar-refractivity contribution in [3.8, 4) is 5.75 Å². The van der Waals surface area contributed by atoms with Gasteiger partial charge in [0.2, 0.25) is 0 Å². The van der Waals surface area contributed by atoms with Crippen LogP contribution in [0.25, 0.3) is 0 Å². The molecule has 0 saturated carbocycles. The fourth-order valence-electron chi connectivity index (χ4n) is 1.64. The van der Waals surface area contributed by atoms with Crippen molar-refractivity contribution in [2.45, 2.75) is 0 Å². The summed E-state index contributed by atoms with van der Waals surface area (Å²) in [5.74, 6) is 0.00182. The average molecular weight is 334 g/mol. The Morgan fingerprint density at radius 2 is 2.09 bits per heavy atom. The van der Waals surface area contributed by atoms with Crippen molar-refractivity contribution in [2.75, 3.05) is 6.61 Å². The molecule has 1 N–H and O–H groups in total. The SMILES string of the molecule is O=C(COc1cccc(Cl)c1)NN=Cc1cccc([N+](=O)[O-])c1. The highest BCUT2D eigenvalue weighted by Crippen LogP contribution is 2.16. The Morgan fingerprint density at radius 3 is 2.83 bits per heavy atom. The molecular weight excluding hydrogens is 322 g/mol. The second-order valence-electron chi connectivity index (χ2n) is 4.39. The first-order valence-electron chi connectivity index (χ1n) is 6.49. The second kappa shape index (κ2) is 7.90. The first-order chi connectivity index (χ1) is 11.0. The Hall–Kier alpha value is -2.93. The van der Waals surface area contributed by atoms with E-state index in [1.165, 1.54) is 24.4 Å². The molecule has 23 heavy (non-hydrogen) atoms. The van der Waals surface area contributed by atoms with Crippen molar-refractivity contribution in [3.63, 3.8) is 0 Å². The molecule has 7 nitrogen and oxygen atoms in total. The summed E-state index contributed by atoms with van der Waals surface area (Å²) in [5, 5.41) is 14.9. The third kappa shape index (κ3) is 5.40. The Morgan fingerprint density at radius 1 is 1.30 bits per heavy atom. The molecule has 0 bridgehead atoms. The molecule has 0 saturated heterocycles. The van der Waals surface area contributed by atoms with E-state index in [0.29, 0.717) is 16.3 Å². The molecule has 0 atom stereocenters. The van der Waals surface area contributed by atoms with Crippen LogP contribution in [-0.4, -0.2) is 23.7 Å². The van der Waals surface area contributed by atoms with Gasteiger partial charge in [0, 0.05) is 22.7 Å². The van der Waals surface area contributed by atoms with Gasteiger partial charge >= 0.3 is 0 Å². The number of carbonyl (C=O) groups excluding carboxylic acids is 1. The van der Waals surface area contributed by atoms with Crippen LogP contribution >= 0.6 is 11.6 Å². The van der Waals surface area contributed by atoms with Gasteiger partial charge in [-0.25, -0.2) is 5.43 Å². The number of nitrogens with one attached hydrogen (secondary N) is 1. The smallest absolute Gasteiger partial charge is 0.277 e. The highest BCUT2D eigenvalue weighted by atomic mass is 35.5. The predicted molar refractivity (Wildman–Crippen MR) is 85.8 cm³/mol. The van der Waals surface area contributed by atoms with Crippen LogP contribution in [0, 0.1) is 10.1 Å². The van der Waals surface area contributed by atoms with Gasteiger partial charge in [-0.1, -0.05) is 29.8 Å². The van der Waals surface area contributed by atoms with Gasteiger partial charge < -0.3 is 4.74 Å². The number of carbonyl (C=O) groups is 1. The summed E-state index contributed by atoms with van der Waals surface area (Å²) in [7, 11) is 0. The number of ether oxygens (including phenoxy) is 1. The lowest BCUT2D eigenvalue weighted by molar-refractivity contribution is -0.384. The quantitative estimate of drug-likeness (QED) is 0.499. The Bertz CT molecular complexity index is 749. The normalized spacial score (nSPS) is 10.5. The Kier molecular flexibility index (Phi) is 5.65. The maximum absolute atomic E-state index is 11.6. The molecule has 2 rings (SSSR count). The number of hydrazone groups is 1. The lowest BCUT2D eigenvalue weighted by atomic mass is 10.2. The van der Waals surface area contributed by atoms with Crippen LogP contribution in [0.2, 0.25) is 5.02 Å². The molecule has 8 heteroatoms. The van der Waals surface area contributed by atoms with Gasteiger partial charge in [0.25, 0.3) is 11.6 Å². The van der Waals surface area contributed by atoms with Crippen LogP contribution < -0.4 is 10.2 Å². The van der Waals surface area contributed by atoms with Crippen LogP contribution in [0.5, 0.6) is 5.75 Å². The van der Waals surface area contributed by atoms with Crippen LogP contribution in [0.1, 0.15) is 5.56 Å². The van der Waals surface area contributed by atoms with E-state index in [1.54, 1.807) is 30.3 Å². The number of nitrogens with zero attached hydrogens (tertiary/aromatic N) is 2. The van der Waals surface area contributed by atoms with Crippen molar-refractivity contribution in [1.29, 1.82) is 0 Å². The summed E-state index contributed by atoms with van der Waals surface area (Å²) in [6, 6.07) is 12.5. The molecule has 118 valence electrons. The molecule has 0 heterocycles. The highest BCUT2D eigenvalue weighted by Gasteiger charge is 2.04. The second-order valence-corrected chi connectivity index (χ2v) is 4.83. The number of amides is 1. The standard InChI is InChI=1S/C15H12ClN3O4/c16-12-4-2-6-14(8-12)23-10-15(20)18-17-9-11-3-1-5-13(7-11)19(21)22/h1-9H,10H2,(H,18,20). The average Bonchev–Trinajstić information content (AvgIpc) is 2.53. The summed E-state index contributed by atoms with van der Waals surface area (Å²) in [6.07, 6.45) is 1.31. The van der Waals surface area contributed by atoms with E-state index in [-0.39, 0.29) is 12.3 Å². The predicted octanol–water partition coefficient (Wildman–Crippen LogP) is 2.78. The van der Waals surface area contributed by atoms with E-state index >= 15 is 0 Å². The number of nitro groups is 1. The lowest BCUT2D eigenvalue weighted by Gasteiger charge is -2.04.